The van der Waals surface area contributed by atoms with Crippen molar-refractivity contribution < 1.29 is 14.3 Å². The number of benzene rings is 1. The Hall–Kier alpha value is -2.97. The molecule has 1 amide bonds. The molecule has 31 heavy (non-hydrogen) atoms. The third-order valence-corrected chi connectivity index (χ3v) is 5.78. The summed E-state index contributed by atoms with van der Waals surface area (Å²) in [5.41, 5.74) is 8.89. The van der Waals surface area contributed by atoms with Crippen molar-refractivity contribution in [3.8, 4) is 22.8 Å². The van der Waals surface area contributed by atoms with Gasteiger partial charge in [-0.15, -0.1) is 0 Å². The zero-order valence-corrected chi connectivity index (χ0v) is 18.4. The molecule has 164 valence electrons. The molecule has 0 saturated carbocycles. The standard InChI is InChI=1S/C22H26ClN5O3/c1-30-19-11-20(31-2)17(23)10-16(19)18-13-28-8-5-15(9-21(28)26-18)27-7-4-14(12-27)25-22(29)3-6-24/h5,8-11,13-14H,3-4,6-7,12,24H2,1-2H3,(H,25,29). The Balaban J connectivity index is 1.57. The second kappa shape index (κ2) is 9.03. The fraction of sp³-hybridized carbons (Fsp3) is 0.364. The van der Waals surface area contributed by atoms with Crippen LogP contribution in [0.2, 0.25) is 5.02 Å². The van der Waals surface area contributed by atoms with Gasteiger partial charge in [0.15, 0.2) is 0 Å². The van der Waals surface area contributed by atoms with Gasteiger partial charge in [-0.2, -0.15) is 0 Å². The van der Waals surface area contributed by atoms with E-state index in [9.17, 15) is 4.79 Å². The molecule has 8 nitrogen and oxygen atoms in total. The fourth-order valence-corrected chi connectivity index (χ4v) is 4.14. The summed E-state index contributed by atoms with van der Waals surface area (Å²) in [6.45, 7) is 2.01. The summed E-state index contributed by atoms with van der Waals surface area (Å²) in [7, 11) is 3.18. The molecule has 3 aromatic rings. The van der Waals surface area contributed by atoms with Crippen molar-refractivity contribution >= 4 is 28.8 Å². The normalized spacial score (nSPS) is 16.0. The number of aromatic nitrogens is 2. The molecule has 0 aliphatic carbocycles. The van der Waals surface area contributed by atoms with Crippen LogP contribution in [0.4, 0.5) is 5.69 Å². The Kier molecular flexibility index (Phi) is 6.20. The van der Waals surface area contributed by atoms with Crippen molar-refractivity contribution in [3.63, 3.8) is 0 Å². The van der Waals surface area contributed by atoms with E-state index in [2.05, 4.69) is 16.3 Å². The number of nitrogens with one attached hydrogen (secondary N) is 1. The highest BCUT2D eigenvalue weighted by Crippen LogP contribution is 2.38. The van der Waals surface area contributed by atoms with Gasteiger partial charge in [-0.1, -0.05) is 11.6 Å². The van der Waals surface area contributed by atoms with Gasteiger partial charge in [0, 0.05) is 67.9 Å². The Morgan fingerprint density at radius 1 is 1.29 bits per heavy atom. The van der Waals surface area contributed by atoms with Gasteiger partial charge in [-0.3, -0.25) is 4.79 Å². The van der Waals surface area contributed by atoms with Gasteiger partial charge >= 0.3 is 0 Å². The van der Waals surface area contributed by atoms with Gasteiger partial charge in [0.1, 0.15) is 17.1 Å². The molecule has 2 aromatic heterocycles. The Bertz CT molecular complexity index is 1100. The predicted molar refractivity (Wildman–Crippen MR) is 121 cm³/mol. The minimum atomic E-state index is 0.00907. The van der Waals surface area contributed by atoms with Crippen LogP contribution in [0.25, 0.3) is 16.9 Å². The van der Waals surface area contributed by atoms with Crippen LogP contribution in [-0.2, 0) is 4.79 Å². The average molecular weight is 444 g/mol. The third-order valence-electron chi connectivity index (χ3n) is 5.48. The summed E-state index contributed by atoms with van der Waals surface area (Å²) in [6, 6.07) is 7.80. The minimum Gasteiger partial charge on any atom is -0.496 e. The minimum absolute atomic E-state index is 0.00907. The second-order valence-corrected chi connectivity index (χ2v) is 7.91. The molecule has 4 rings (SSSR count). The largest absolute Gasteiger partial charge is 0.496 e. The fourth-order valence-electron chi connectivity index (χ4n) is 3.90. The van der Waals surface area contributed by atoms with Crippen LogP contribution in [0.3, 0.4) is 0 Å². The van der Waals surface area contributed by atoms with Gasteiger partial charge < -0.3 is 29.8 Å². The van der Waals surface area contributed by atoms with E-state index in [1.807, 2.05) is 22.9 Å². The molecule has 0 radical (unpaired) electrons. The molecule has 1 aromatic carbocycles. The second-order valence-electron chi connectivity index (χ2n) is 7.50. The number of methoxy groups -OCH3 is 2. The number of imidazole rings is 1. The van der Waals surface area contributed by atoms with Crippen molar-refractivity contribution in [2.75, 3.05) is 38.8 Å². The number of ether oxygens (including phenoxy) is 2. The van der Waals surface area contributed by atoms with Crippen LogP contribution in [0.1, 0.15) is 12.8 Å². The van der Waals surface area contributed by atoms with Crippen molar-refractivity contribution in [2.45, 2.75) is 18.9 Å². The molecule has 9 heteroatoms. The first kappa shape index (κ1) is 21.3. The SMILES string of the molecule is COc1cc(OC)c(-c2cn3ccc(N4CCC(NC(=O)CCN)C4)cc3n2)cc1Cl. The average Bonchev–Trinajstić information content (AvgIpc) is 3.40. The molecule has 1 fully saturated rings. The molecular formula is C22H26ClN5O3. The zero-order valence-electron chi connectivity index (χ0n) is 17.6. The van der Waals surface area contributed by atoms with Crippen molar-refractivity contribution in [1.29, 1.82) is 0 Å². The number of carbonyl (C=O) groups excluding carboxylic acids is 1. The lowest BCUT2D eigenvalue weighted by Crippen LogP contribution is -2.37. The highest BCUT2D eigenvalue weighted by atomic mass is 35.5. The smallest absolute Gasteiger partial charge is 0.221 e. The quantitative estimate of drug-likeness (QED) is 0.583. The Labute approximate surface area is 185 Å². The number of hydrogen-bond donors (Lipinski definition) is 2. The number of amides is 1. The summed E-state index contributed by atoms with van der Waals surface area (Å²) in [6.07, 6.45) is 5.19. The highest BCUT2D eigenvalue weighted by molar-refractivity contribution is 6.32. The number of pyridine rings is 1. The Morgan fingerprint density at radius 3 is 2.84 bits per heavy atom. The maximum absolute atomic E-state index is 11.8. The van der Waals surface area contributed by atoms with E-state index in [0.717, 1.165) is 42.1 Å². The van der Waals surface area contributed by atoms with Gasteiger partial charge in [0.2, 0.25) is 5.91 Å². The topological polar surface area (TPSA) is 94.1 Å². The van der Waals surface area contributed by atoms with E-state index in [4.69, 9.17) is 31.8 Å². The summed E-state index contributed by atoms with van der Waals surface area (Å²) in [4.78, 5) is 18.9. The van der Waals surface area contributed by atoms with E-state index in [1.165, 1.54) is 0 Å². The number of rotatable bonds is 7. The van der Waals surface area contributed by atoms with Gasteiger partial charge in [-0.05, 0) is 18.6 Å². The number of halogens is 1. The molecule has 3 N–H and O–H groups in total. The molecule has 0 spiro atoms. The number of hydrogen-bond acceptors (Lipinski definition) is 6. The van der Waals surface area contributed by atoms with Crippen molar-refractivity contribution in [1.82, 2.24) is 14.7 Å². The monoisotopic (exact) mass is 443 g/mol. The van der Waals surface area contributed by atoms with Crippen LogP contribution in [-0.4, -0.2) is 55.2 Å². The third kappa shape index (κ3) is 4.40. The van der Waals surface area contributed by atoms with Crippen LogP contribution in [0, 0.1) is 0 Å². The van der Waals surface area contributed by atoms with Gasteiger partial charge in [0.25, 0.3) is 0 Å². The first-order valence-corrected chi connectivity index (χ1v) is 10.5. The van der Waals surface area contributed by atoms with Crippen LogP contribution in [0.5, 0.6) is 11.5 Å². The molecule has 1 unspecified atom stereocenters. The van der Waals surface area contributed by atoms with E-state index in [0.29, 0.717) is 29.5 Å². The lowest BCUT2D eigenvalue weighted by molar-refractivity contribution is -0.121. The summed E-state index contributed by atoms with van der Waals surface area (Å²) in [5, 5.41) is 3.55. The number of carbonyl (C=O) groups is 1. The Morgan fingerprint density at radius 2 is 2.10 bits per heavy atom. The van der Waals surface area contributed by atoms with E-state index < -0.39 is 0 Å². The first-order chi connectivity index (χ1) is 15.0. The number of anilines is 1. The van der Waals surface area contributed by atoms with Gasteiger partial charge in [-0.25, -0.2) is 4.98 Å². The first-order valence-electron chi connectivity index (χ1n) is 10.2. The van der Waals surface area contributed by atoms with E-state index in [1.54, 1.807) is 26.4 Å². The van der Waals surface area contributed by atoms with Crippen LogP contribution in [0.15, 0.2) is 36.7 Å². The molecule has 1 aliphatic rings. The molecule has 1 atom stereocenters. The molecule has 0 bridgehead atoms. The number of nitrogens with two attached hydrogens (primary N) is 1. The lowest BCUT2D eigenvalue weighted by Gasteiger charge is -2.19. The summed E-state index contributed by atoms with van der Waals surface area (Å²) < 4.78 is 12.8. The number of nitrogens with zero attached hydrogens (tertiary/aromatic N) is 3. The molecule has 3 heterocycles. The maximum Gasteiger partial charge on any atom is 0.221 e. The highest BCUT2D eigenvalue weighted by Gasteiger charge is 2.24. The molecular weight excluding hydrogens is 418 g/mol. The van der Waals surface area contributed by atoms with Crippen LogP contribution < -0.4 is 25.4 Å². The molecule has 1 saturated heterocycles. The summed E-state index contributed by atoms with van der Waals surface area (Å²) >= 11 is 6.33. The molecule has 1 aliphatic heterocycles. The van der Waals surface area contributed by atoms with Gasteiger partial charge in [0.05, 0.1) is 24.9 Å². The lowest BCUT2D eigenvalue weighted by atomic mass is 10.1. The number of fused-ring (bicyclic) bond motifs is 1. The predicted octanol–water partition coefficient (Wildman–Crippen LogP) is 2.72. The van der Waals surface area contributed by atoms with Crippen molar-refractivity contribution in [3.05, 3.63) is 41.7 Å². The maximum atomic E-state index is 11.8. The summed E-state index contributed by atoms with van der Waals surface area (Å²) in [5.74, 6) is 1.20. The zero-order chi connectivity index (χ0) is 22.0. The van der Waals surface area contributed by atoms with Crippen LogP contribution >= 0.6 is 11.6 Å². The van der Waals surface area contributed by atoms with Crippen molar-refractivity contribution in [2.24, 2.45) is 5.73 Å². The van der Waals surface area contributed by atoms with E-state index in [-0.39, 0.29) is 11.9 Å². The van der Waals surface area contributed by atoms with E-state index >= 15 is 0 Å².